The molecule has 0 atom stereocenters. The highest BCUT2D eigenvalue weighted by molar-refractivity contribution is 5.58. The van der Waals surface area contributed by atoms with E-state index in [4.69, 9.17) is 5.11 Å². The standard InChI is InChI=1S/C14H21NO2/c1-14(2,12-17)11-15(8-9-16)10-13-6-4-3-5-7-13/h3-7,12,16H,8-11H2,1-2H3. The first-order valence-corrected chi connectivity index (χ1v) is 5.91. The Morgan fingerprint density at radius 3 is 2.47 bits per heavy atom. The molecule has 0 heterocycles. The van der Waals surface area contributed by atoms with Gasteiger partial charge in [0.05, 0.1) is 6.61 Å². The molecule has 0 saturated heterocycles. The van der Waals surface area contributed by atoms with Crippen LogP contribution in [0.25, 0.3) is 0 Å². The van der Waals surface area contributed by atoms with E-state index in [1.807, 2.05) is 32.0 Å². The molecule has 0 aliphatic heterocycles. The summed E-state index contributed by atoms with van der Waals surface area (Å²) in [7, 11) is 0. The van der Waals surface area contributed by atoms with E-state index in [2.05, 4.69) is 17.0 Å². The van der Waals surface area contributed by atoms with Gasteiger partial charge in [-0.3, -0.25) is 4.90 Å². The third kappa shape index (κ3) is 5.11. The molecular weight excluding hydrogens is 214 g/mol. The van der Waals surface area contributed by atoms with Gasteiger partial charge in [-0.1, -0.05) is 44.2 Å². The van der Waals surface area contributed by atoms with Crippen LogP contribution >= 0.6 is 0 Å². The van der Waals surface area contributed by atoms with Crippen LogP contribution in [0.15, 0.2) is 30.3 Å². The lowest BCUT2D eigenvalue weighted by atomic mass is 9.95. The van der Waals surface area contributed by atoms with Crippen molar-refractivity contribution in [1.82, 2.24) is 4.90 Å². The molecule has 17 heavy (non-hydrogen) atoms. The summed E-state index contributed by atoms with van der Waals surface area (Å²) in [4.78, 5) is 13.0. The van der Waals surface area contributed by atoms with E-state index >= 15 is 0 Å². The minimum atomic E-state index is -0.371. The van der Waals surface area contributed by atoms with Gasteiger partial charge in [-0.25, -0.2) is 0 Å². The molecule has 3 nitrogen and oxygen atoms in total. The molecule has 1 aromatic rings. The van der Waals surface area contributed by atoms with Crippen LogP contribution in [0.1, 0.15) is 19.4 Å². The summed E-state index contributed by atoms with van der Waals surface area (Å²) in [5.41, 5.74) is 0.826. The van der Waals surface area contributed by atoms with Crippen molar-refractivity contribution in [3.05, 3.63) is 35.9 Å². The quantitative estimate of drug-likeness (QED) is 0.731. The Balaban J connectivity index is 2.63. The second-order valence-electron chi connectivity index (χ2n) is 5.03. The summed E-state index contributed by atoms with van der Waals surface area (Å²) in [6.07, 6.45) is 0.975. The van der Waals surface area contributed by atoms with E-state index in [1.165, 1.54) is 5.56 Å². The molecule has 0 aliphatic rings. The zero-order valence-corrected chi connectivity index (χ0v) is 10.6. The zero-order chi connectivity index (χ0) is 12.7. The number of hydrogen-bond acceptors (Lipinski definition) is 3. The van der Waals surface area contributed by atoms with Crippen molar-refractivity contribution in [1.29, 1.82) is 0 Å². The third-order valence-corrected chi connectivity index (χ3v) is 2.62. The fourth-order valence-electron chi connectivity index (χ4n) is 1.81. The number of aldehydes is 1. The predicted molar refractivity (Wildman–Crippen MR) is 68.6 cm³/mol. The Hall–Kier alpha value is -1.19. The van der Waals surface area contributed by atoms with E-state index in [-0.39, 0.29) is 12.0 Å². The van der Waals surface area contributed by atoms with Crippen LogP contribution in [0.5, 0.6) is 0 Å². The van der Waals surface area contributed by atoms with E-state index < -0.39 is 0 Å². The molecular formula is C14H21NO2. The lowest BCUT2D eigenvalue weighted by Gasteiger charge is -2.28. The average Bonchev–Trinajstić information content (AvgIpc) is 2.30. The van der Waals surface area contributed by atoms with Gasteiger partial charge in [-0.2, -0.15) is 0 Å². The highest BCUT2D eigenvalue weighted by Crippen LogP contribution is 2.15. The van der Waals surface area contributed by atoms with Crippen molar-refractivity contribution in [2.24, 2.45) is 5.41 Å². The number of nitrogens with zero attached hydrogens (tertiary/aromatic N) is 1. The van der Waals surface area contributed by atoms with E-state index in [0.717, 1.165) is 12.8 Å². The van der Waals surface area contributed by atoms with Crippen LogP contribution in [0, 0.1) is 5.41 Å². The van der Waals surface area contributed by atoms with Gasteiger partial charge in [0.15, 0.2) is 0 Å². The van der Waals surface area contributed by atoms with Gasteiger partial charge in [0.2, 0.25) is 0 Å². The van der Waals surface area contributed by atoms with E-state index in [0.29, 0.717) is 13.1 Å². The molecule has 0 amide bonds. The molecule has 3 heteroatoms. The number of hydrogen-bond donors (Lipinski definition) is 1. The first-order chi connectivity index (χ1) is 8.07. The fourth-order valence-corrected chi connectivity index (χ4v) is 1.81. The normalized spacial score (nSPS) is 11.8. The van der Waals surface area contributed by atoms with Gasteiger partial charge in [-0.05, 0) is 5.56 Å². The Kier molecular flexibility index (Phi) is 5.32. The number of aliphatic hydroxyl groups is 1. The Labute approximate surface area is 103 Å². The molecule has 0 unspecified atom stereocenters. The lowest BCUT2D eigenvalue weighted by Crippen LogP contribution is -2.36. The van der Waals surface area contributed by atoms with E-state index in [1.54, 1.807) is 0 Å². The zero-order valence-electron chi connectivity index (χ0n) is 10.6. The lowest BCUT2D eigenvalue weighted by molar-refractivity contribution is -0.115. The minimum Gasteiger partial charge on any atom is -0.395 e. The molecule has 1 N–H and O–H groups in total. The van der Waals surface area contributed by atoms with Crippen LogP contribution in [-0.2, 0) is 11.3 Å². The maximum absolute atomic E-state index is 10.9. The average molecular weight is 235 g/mol. The molecule has 0 aliphatic carbocycles. The summed E-state index contributed by atoms with van der Waals surface area (Å²) in [6.45, 7) is 5.95. The van der Waals surface area contributed by atoms with Crippen molar-refractivity contribution in [3.8, 4) is 0 Å². The van der Waals surface area contributed by atoms with Crippen LogP contribution in [0.4, 0.5) is 0 Å². The topological polar surface area (TPSA) is 40.5 Å². The highest BCUT2D eigenvalue weighted by Gasteiger charge is 2.20. The monoisotopic (exact) mass is 235 g/mol. The van der Waals surface area contributed by atoms with Crippen LogP contribution < -0.4 is 0 Å². The van der Waals surface area contributed by atoms with Crippen molar-refractivity contribution in [2.45, 2.75) is 20.4 Å². The molecule has 0 radical (unpaired) electrons. The fraction of sp³-hybridized carbons (Fsp3) is 0.500. The van der Waals surface area contributed by atoms with Crippen LogP contribution in [0.2, 0.25) is 0 Å². The van der Waals surface area contributed by atoms with Gasteiger partial charge in [0, 0.05) is 25.0 Å². The summed E-state index contributed by atoms with van der Waals surface area (Å²) >= 11 is 0. The second kappa shape index (κ2) is 6.52. The molecule has 0 bridgehead atoms. The largest absolute Gasteiger partial charge is 0.395 e. The Bertz CT molecular complexity index is 335. The maximum atomic E-state index is 10.9. The Morgan fingerprint density at radius 2 is 1.94 bits per heavy atom. The number of benzene rings is 1. The SMILES string of the molecule is CC(C)(C=O)CN(CCO)Cc1ccccc1. The number of rotatable bonds is 7. The summed E-state index contributed by atoms with van der Waals surface area (Å²) in [5, 5.41) is 9.05. The molecule has 0 saturated carbocycles. The first-order valence-electron chi connectivity index (χ1n) is 5.91. The van der Waals surface area contributed by atoms with Gasteiger partial charge < -0.3 is 9.90 Å². The van der Waals surface area contributed by atoms with Crippen molar-refractivity contribution >= 4 is 6.29 Å². The molecule has 1 rings (SSSR count). The van der Waals surface area contributed by atoms with Crippen molar-refractivity contribution in [2.75, 3.05) is 19.7 Å². The number of carbonyl (C=O) groups is 1. The first kappa shape index (κ1) is 13.9. The van der Waals surface area contributed by atoms with Crippen molar-refractivity contribution < 1.29 is 9.90 Å². The summed E-state index contributed by atoms with van der Waals surface area (Å²) in [5.74, 6) is 0. The highest BCUT2D eigenvalue weighted by atomic mass is 16.3. The summed E-state index contributed by atoms with van der Waals surface area (Å²) in [6, 6.07) is 10.1. The smallest absolute Gasteiger partial charge is 0.126 e. The molecule has 0 spiro atoms. The molecule has 0 aromatic heterocycles. The van der Waals surface area contributed by atoms with Crippen molar-refractivity contribution in [3.63, 3.8) is 0 Å². The Morgan fingerprint density at radius 1 is 1.29 bits per heavy atom. The molecule has 94 valence electrons. The van der Waals surface area contributed by atoms with Crippen LogP contribution in [-0.4, -0.2) is 36.0 Å². The van der Waals surface area contributed by atoms with Gasteiger partial charge >= 0.3 is 0 Å². The minimum absolute atomic E-state index is 0.113. The molecule has 0 fully saturated rings. The number of aliphatic hydroxyl groups excluding tert-OH is 1. The summed E-state index contributed by atoms with van der Waals surface area (Å²) < 4.78 is 0. The maximum Gasteiger partial charge on any atom is 0.126 e. The second-order valence-corrected chi connectivity index (χ2v) is 5.03. The van der Waals surface area contributed by atoms with E-state index in [9.17, 15) is 4.79 Å². The third-order valence-electron chi connectivity index (χ3n) is 2.62. The predicted octanol–water partition coefficient (Wildman–Crippen LogP) is 1.71. The van der Waals surface area contributed by atoms with Crippen LogP contribution in [0.3, 0.4) is 0 Å². The molecule has 1 aromatic carbocycles. The van der Waals surface area contributed by atoms with Gasteiger partial charge in [0.1, 0.15) is 6.29 Å². The van der Waals surface area contributed by atoms with Gasteiger partial charge in [0.25, 0.3) is 0 Å². The van der Waals surface area contributed by atoms with Gasteiger partial charge in [-0.15, -0.1) is 0 Å². The number of carbonyl (C=O) groups excluding carboxylic acids is 1.